The smallest absolute Gasteiger partial charge is 0.246 e. The van der Waals surface area contributed by atoms with Crippen LogP contribution >= 0.6 is 0 Å². The Morgan fingerprint density at radius 1 is 1.38 bits per heavy atom. The van der Waals surface area contributed by atoms with Crippen molar-refractivity contribution in [3.8, 4) is 11.4 Å². The molecule has 1 N–H and O–H groups in total. The normalized spacial score (nSPS) is 18.6. The number of carbonyl (C=O) groups is 1. The van der Waals surface area contributed by atoms with Crippen LogP contribution in [0.25, 0.3) is 11.4 Å². The van der Waals surface area contributed by atoms with Crippen molar-refractivity contribution in [3.63, 3.8) is 0 Å². The molecule has 1 fully saturated rings. The second-order valence-electron chi connectivity index (χ2n) is 6.50. The largest absolute Gasteiger partial charge is 0.347 e. The Kier molecular flexibility index (Phi) is 5.38. The zero-order chi connectivity index (χ0) is 18.7. The highest BCUT2D eigenvalue weighted by Gasteiger charge is 2.30. The molecule has 0 radical (unpaired) electrons. The van der Waals surface area contributed by atoms with Crippen molar-refractivity contribution in [2.24, 2.45) is 5.92 Å². The van der Waals surface area contributed by atoms with Gasteiger partial charge in [-0.1, -0.05) is 29.4 Å². The lowest BCUT2D eigenvalue weighted by Crippen LogP contribution is -2.44. The SMILES string of the molecule is Cc1ccccc1-c1noc(CNC(=O)C2CCCN(S(C)(=O)=O)C2)n1. The Morgan fingerprint density at radius 3 is 2.88 bits per heavy atom. The summed E-state index contributed by atoms with van der Waals surface area (Å²) < 4.78 is 29.9. The van der Waals surface area contributed by atoms with E-state index in [0.29, 0.717) is 31.1 Å². The predicted molar refractivity (Wildman–Crippen MR) is 95.5 cm³/mol. The molecule has 1 unspecified atom stereocenters. The van der Waals surface area contributed by atoms with Gasteiger partial charge >= 0.3 is 0 Å². The van der Waals surface area contributed by atoms with Gasteiger partial charge in [0.2, 0.25) is 27.6 Å². The average Bonchev–Trinajstić information content (AvgIpc) is 3.08. The quantitative estimate of drug-likeness (QED) is 0.841. The third kappa shape index (κ3) is 4.28. The Bertz CT molecular complexity index is 894. The summed E-state index contributed by atoms with van der Waals surface area (Å²) >= 11 is 0. The molecule has 3 rings (SSSR count). The summed E-state index contributed by atoms with van der Waals surface area (Å²) in [6.45, 7) is 2.76. The maximum absolute atomic E-state index is 12.4. The van der Waals surface area contributed by atoms with E-state index in [0.717, 1.165) is 11.1 Å². The zero-order valence-electron chi connectivity index (χ0n) is 14.8. The molecule has 1 amide bonds. The van der Waals surface area contributed by atoms with E-state index in [4.69, 9.17) is 4.52 Å². The first kappa shape index (κ1) is 18.5. The number of rotatable bonds is 5. The fourth-order valence-corrected chi connectivity index (χ4v) is 3.94. The number of amides is 1. The van der Waals surface area contributed by atoms with Gasteiger partial charge in [0, 0.05) is 18.7 Å². The van der Waals surface area contributed by atoms with Crippen molar-refractivity contribution in [2.75, 3.05) is 19.3 Å². The molecular formula is C17H22N4O4S. The van der Waals surface area contributed by atoms with Gasteiger partial charge in [0.15, 0.2) is 0 Å². The van der Waals surface area contributed by atoms with Crippen LogP contribution in [-0.4, -0.2) is 48.1 Å². The minimum absolute atomic E-state index is 0.118. The van der Waals surface area contributed by atoms with Gasteiger partial charge in [0.05, 0.1) is 18.7 Å². The molecule has 1 atom stereocenters. The van der Waals surface area contributed by atoms with Crippen LogP contribution in [0.5, 0.6) is 0 Å². The molecule has 9 heteroatoms. The van der Waals surface area contributed by atoms with Crippen LogP contribution in [0.1, 0.15) is 24.3 Å². The van der Waals surface area contributed by atoms with Crippen LogP contribution in [0.3, 0.4) is 0 Å². The zero-order valence-corrected chi connectivity index (χ0v) is 15.6. The number of sulfonamides is 1. The molecule has 0 aliphatic carbocycles. The summed E-state index contributed by atoms with van der Waals surface area (Å²) in [7, 11) is -3.28. The Hall–Kier alpha value is -2.26. The molecule has 1 aromatic carbocycles. The van der Waals surface area contributed by atoms with E-state index in [2.05, 4.69) is 15.5 Å². The average molecular weight is 378 g/mol. The van der Waals surface area contributed by atoms with Crippen molar-refractivity contribution in [1.29, 1.82) is 0 Å². The number of hydrogen-bond donors (Lipinski definition) is 1. The van der Waals surface area contributed by atoms with Gasteiger partial charge in [0.1, 0.15) is 0 Å². The van der Waals surface area contributed by atoms with Crippen LogP contribution in [0.4, 0.5) is 0 Å². The number of nitrogens with one attached hydrogen (secondary N) is 1. The number of hydrogen-bond acceptors (Lipinski definition) is 6. The molecule has 140 valence electrons. The van der Waals surface area contributed by atoms with Gasteiger partial charge in [-0.05, 0) is 25.3 Å². The summed E-state index contributed by atoms with van der Waals surface area (Å²) in [4.78, 5) is 16.7. The molecule has 1 aliphatic rings. The van der Waals surface area contributed by atoms with E-state index >= 15 is 0 Å². The summed E-state index contributed by atoms with van der Waals surface area (Å²) in [5.41, 5.74) is 1.91. The third-order valence-electron chi connectivity index (χ3n) is 4.49. The summed E-state index contributed by atoms with van der Waals surface area (Å²) in [5, 5.41) is 6.72. The number of aryl methyl sites for hydroxylation is 1. The first-order chi connectivity index (χ1) is 12.3. The predicted octanol–water partition coefficient (Wildman–Crippen LogP) is 1.33. The standard InChI is InChI=1S/C17H22N4O4S/c1-12-6-3-4-8-14(12)16-19-15(25-20-16)10-18-17(22)13-7-5-9-21(11-13)26(2,23)24/h3-4,6,8,13H,5,7,9-11H2,1-2H3,(H,18,22). The Balaban J connectivity index is 1.59. The van der Waals surface area contributed by atoms with Crippen LogP contribution in [-0.2, 0) is 21.4 Å². The molecule has 1 saturated heterocycles. The molecule has 0 bridgehead atoms. The third-order valence-corrected chi connectivity index (χ3v) is 5.76. The second kappa shape index (κ2) is 7.55. The number of piperidine rings is 1. The van der Waals surface area contributed by atoms with Crippen LogP contribution in [0.2, 0.25) is 0 Å². The molecule has 0 spiro atoms. The van der Waals surface area contributed by atoms with Gasteiger partial charge in [-0.3, -0.25) is 4.79 Å². The monoisotopic (exact) mass is 378 g/mol. The summed E-state index contributed by atoms with van der Waals surface area (Å²) in [6.07, 6.45) is 2.50. The Labute approximate surface area is 152 Å². The first-order valence-electron chi connectivity index (χ1n) is 8.46. The van der Waals surface area contributed by atoms with E-state index < -0.39 is 10.0 Å². The van der Waals surface area contributed by atoms with Crippen LogP contribution < -0.4 is 5.32 Å². The highest BCUT2D eigenvalue weighted by atomic mass is 32.2. The number of carbonyl (C=O) groups excluding carboxylic acids is 1. The van der Waals surface area contributed by atoms with Gasteiger partial charge in [-0.25, -0.2) is 12.7 Å². The van der Waals surface area contributed by atoms with Crippen LogP contribution in [0, 0.1) is 12.8 Å². The van der Waals surface area contributed by atoms with Crippen molar-refractivity contribution >= 4 is 15.9 Å². The number of benzene rings is 1. The molecule has 26 heavy (non-hydrogen) atoms. The van der Waals surface area contributed by atoms with Gasteiger partial charge in [-0.2, -0.15) is 4.98 Å². The van der Waals surface area contributed by atoms with Crippen molar-refractivity contribution in [2.45, 2.75) is 26.3 Å². The maximum atomic E-state index is 12.4. The molecule has 0 saturated carbocycles. The summed E-state index contributed by atoms with van der Waals surface area (Å²) in [6, 6.07) is 7.70. The molecule has 1 aromatic heterocycles. The molecule has 1 aliphatic heterocycles. The van der Waals surface area contributed by atoms with E-state index in [1.165, 1.54) is 10.6 Å². The first-order valence-corrected chi connectivity index (χ1v) is 10.3. The minimum atomic E-state index is -3.28. The van der Waals surface area contributed by atoms with Crippen molar-refractivity contribution < 1.29 is 17.7 Å². The number of nitrogens with zero attached hydrogens (tertiary/aromatic N) is 3. The van der Waals surface area contributed by atoms with E-state index in [1.54, 1.807) is 0 Å². The van der Waals surface area contributed by atoms with Gasteiger partial charge in [-0.15, -0.1) is 0 Å². The van der Waals surface area contributed by atoms with Crippen molar-refractivity contribution in [3.05, 3.63) is 35.7 Å². The Morgan fingerprint density at radius 2 is 2.15 bits per heavy atom. The fourth-order valence-electron chi connectivity index (χ4n) is 3.02. The molecule has 2 heterocycles. The van der Waals surface area contributed by atoms with Gasteiger partial charge in [0.25, 0.3) is 0 Å². The fraction of sp³-hybridized carbons (Fsp3) is 0.471. The van der Waals surface area contributed by atoms with E-state index in [-0.39, 0.29) is 24.9 Å². The molecule has 2 aromatic rings. The van der Waals surface area contributed by atoms with E-state index in [9.17, 15) is 13.2 Å². The lowest BCUT2D eigenvalue weighted by molar-refractivity contribution is -0.126. The lowest BCUT2D eigenvalue weighted by atomic mass is 9.99. The van der Waals surface area contributed by atoms with Crippen LogP contribution in [0.15, 0.2) is 28.8 Å². The second-order valence-corrected chi connectivity index (χ2v) is 8.49. The van der Waals surface area contributed by atoms with Gasteiger partial charge < -0.3 is 9.84 Å². The maximum Gasteiger partial charge on any atom is 0.246 e. The minimum Gasteiger partial charge on any atom is -0.347 e. The molecular weight excluding hydrogens is 356 g/mol. The highest BCUT2D eigenvalue weighted by molar-refractivity contribution is 7.88. The van der Waals surface area contributed by atoms with Crippen molar-refractivity contribution in [1.82, 2.24) is 19.8 Å². The lowest BCUT2D eigenvalue weighted by Gasteiger charge is -2.29. The number of aromatic nitrogens is 2. The topological polar surface area (TPSA) is 105 Å². The highest BCUT2D eigenvalue weighted by Crippen LogP contribution is 2.21. The molecule has 8 nitrogen and oxygen atoms in total. The van der Waals surface area contributed by atoms with E-state index in [1.807, 2.05) is 31.2 Å². The summed E-state index contributed by atoms with van der Waals surface area (Å²) in [5.74, 6) is 0.229.